The van der Waals surface area contributed by atoms with Crippen LogP contribution in [0.1, 0.15) is 11.6 Å². The lowest BCUT2D eigenvalue weighted by molar-refractivity contribution is -0.126. The number of hydrogen-bond acceptors (Lipinski definition) is 5. The standard InChI is InChI=1S/C24H18ClFN2O4/c1-31-17-10-7-15(8-11-17)28-21(14-5-3-2-4-6-14)20-22(32-28)24(30)27(23(20)29)16-9-12-18(25)19(26)13-16/h2-13,20-22H,1H3/t20-,21-,22-/m0/s1. The van der Waals surface area contributed by atoms with Gasteiger partial charge in [-0.3, -0.25) is 14.4 Å². The number of carbonyl (C=O) groups is 2. The number of methoxy groups -OCH3 is 1. The maximum atomic E-state index is 14.0. The van der Waals surface area contributed by atoms with Crippen LogP contribution in [-0.4, -0.2) is 25.0 Å². The van der Waals surface area contributed by atoms with Crippen molar-refractivity contribution < 1.29 is 23.6 Å². The van der Waals surface area contributed by atoms with Gasteiger partial charge >= 0.3 is 0 Å². The van der Waals surface area contributed by atoms with Crippen LogP contribution in [-0.2, 0) is 14.4 Å². The largest absolute Gasteiger partial charge is 0.497 e. The van der Waals surface area contributed by atoms with E-state index in [1.165, 1.54) is 12.1 Å². The summed E-state index contributed by atoms with van der Waals surface area (Å²) >= 11 is 5.76. The Hall–Kier alpha value is -3.42. The van der Waals surface area contributed by atoms with Crippen LogP contribution in [0.4, 0.5) is 15.8 Å². The van der Waals surface area contributed by atoms with Crippen LogP contribution in [0.5, 0.6) is 5.75 Å². The normalized spacial score (nSPS) is 22.4. The molecule has 5 rings (SSSR count). The third-order valence-corrected chi connectivity index (χ3v) is 6.05. The molecule has 0 N–H and O–H groups in total. The molecule has 2 amide bonds. The summed E-state index contributed by atoms with van der Waals surface area (Å²) in [6, 6.07) is 19.8. The molecule has 3 atom stereocenters. The number of benzene rings is 3. The first-order chi connectivity index (χ1) is 15.5. The van der Waals surface area contributed by atoms with Gasteiger partial charge in [0.2, 0.25) is 5.91 Å². The van der Waals surface area contributed by atoms with Gasteiger partial charge in [-0.2, -0.15) is 0 Å². The lowest BCUT2D eigenvalue weighted by Gasteiger charge is -2.28. The Morgan fingerprint density at radius 2 is 1.62 bits per heavy atom. The number of carbonyl (C=O) groups excluding carboxylic acids is 2. The van der Waals surface area contributed by atoms with Crippen molar-refractivity contribution in [2.75, 3.05) is 17.1 Å². The highest BCUT2D eigenvalue weighted by Gasteiger charge is 2.60. The molecule has 2 aliphatic heterocycles. The monoisotopic (exact) mass is 452 g/mol. The zero-order valence-corrected chi connectivity index (χ0v) is 17.7. The molecule has 3 aromatic carbocycles. The van der Waals surface area contributed by atoms with Crippen LogP contribution < -0.4 is 14.7 Å². The van der Waals surface area contributed by atoms with Gasteiger partial charge in [-0.25, -0.2) is 14.4 Å². The van der Waals surface area contributed by atoms with Crippen LogP contribution in [0, 0.1) is 11.7 Å². The van der Waals surface area contributed by atoms with E-state index in [9.17, 15) is 14.0 Å². The quantitative estimate of drug-likeness (QED) is 0.544. The highest BCUT2D eigenvalue weighted by atomic mass is 35.5. The molecule has 0 spiro atoms. The number of hydrogen-bond donors (Lipinski definition) is 0. The topological polar surface area (TPSA) is 59.1 Å². The number of amides is 2. The number of anilines is 2. The van der Waals surface area contributed by atoms with Gasteiger partial charge in [-0.1, -0.05) is 41.9 Å². The molecular formula is C24H18ClFN2O4. The fraction of sp³-hybridized carbons (Fsp3) is 0.167. The summed E-state index contributed by atoms with van der Waals surface area (Å²) in [7, 11) is 1.57. The van der Waals surface area contributed by atoms with E-state index in [-0.39, 0.29) is 10.7 Å². The Morgan fingerprint density at radius 3 is 2.28 bits per heavy atom. The van der Waals surface area contributed by atoms with Crippen LogP contribution in [0.3, 0.4) is 0 Å². The Balaban J connectivity index is 1.56. The highest BCUT2D eigenvalue weighted by Crippen LogP contribution is 2.47. The van der Waals surface area contributed by atoms with Crippen molar-refractivity contribution in [3.63, 3.8) is 0 Å². The molecule has 0 saturated carbocycles. The Labute approximate surface area is 188 Å². The van der Waals surface area contributed by atoms with Crippen molar-refractivity contribution >= 4 is 34.8 Å². The number of ether oxygens (including phenoxy) is 1. The van der Waals surface area contributed by atoms with E-state index >= 15 is 0 Å². The van der Waals surface area contributed by atoms with E-state index < -0.39 is 35.7 Å². The van der Waals surface area contributed by atoms with Gasteiger partial charge in [0.25, 0.3) is 5.91 Å². The molecule has 162 valence electrons. The zero-order valence-electron chi connectivity index (χ0n) is 16.9. The van der Waals surface area contributed by atoms with Crippen LogP contribution >= 0.6 is 11.6 Å². The third kappa shape index (κ3) is 3.21. The van der Waals surface area contributed by atoms with Crippen molar-refractivity contribution in [3.05, 3.63) is 89.2 Å². The first-order valence-corrected chi connectivity index (χ1v) is 10.4. The molecule has 2 fully saturated rings. The summed E-state index contributed by atoms with van der Waals surface area (Å²) in [4.78, 5) is 33.7. The maximum Gasteiger partial charge on any atom is 0.266 e. The van der Waals surface area contributed by atoms with Gasteiger partial charge in [-0.15, -0.1) is 0 Å². The average Bonchev–Trinajstić information content (AvgIpc) is 3.32. The second-order valence-corrected chi connectivity index (χ2v) is 7.95. The van der Waals surface area contributed by atoms with Crippen LogP contribution in [0.15, 0.2) is 72.8 Å². The van der Waals surface area contributed by atoms with Crippen molar-refractivity contribution in [2.24, 2.45) is 5.92 Å². The summed E-state index contributed by atoms with van der Waals surface area (Å²) in [5.41, 5.74) is 1.63. The lowest BCUT2D eigenvalue weighted by atomic mass is 9.90. The number of fused-ring (bicyclic) bond motifs is 1. The number of imide groups is 1. The van der Waals surface area contributed by atoms with Crippen molar-refractivity contribution in [2.45, 2.75) is 12.1 Å². The molecule has 3 aromatic rings. The molecule has 2 saturated heterocycles. The summed E-state index contributed by atoms with van der Waals surface area (Å²) in [5, 5.41) is 1.51. The average molecular weight is 453 g/mol. The molecule has 32 heavy (non-hydrogen) atoms. The third-order valence-electron chi connectivity index (χ3n) is 5.74. The second kappa shape index (κ2) is 7.93. The summed E-state index contributed by atoms with van der Waals surface area (Å²) in [5.74, 6) is -1.83. The predicted molar refractivity (Wildman–Crippen MR) is 117 cm³/mol. The van der Waals surface area contributed by atoms with Crippen LogP contribution in [0.25, 0.3) is 0 Å². The van der Waals surface area contributed by atoms with E-state index in [1.807, 2.05) is 30.3 Å². The summed E-state index contributed by atoms with van der Waals surface area (Å²) in [6.07, 6.45) is -1.03. The van der Waals surface area contributed by atoms with Crippen molar-refractivity contribution in [1.82, 2.24) is 0 Å². The molecule has 0 radical (unpaired) electrons. The molecule has 2 heterocycles. The van der Waals surface area contributed by atoms with Gasteiger partial charge in [0, 0.05) is 0 Å². The Kier molecular flexibility index (Phi) is 5.07. The van der Waals surface area contributed by atoms with E-state index in [0.717, 1.165) is 16.5 Å². The lowest BCUT2D eigenvalue weighted by Crippen LogP contribution is -2.37. The first-order valence-electron chi connectivity index (χ1n) is 9.97. The minimum atomic E-state index is -1.03. The highest BCUT2D eigenvalue weighted by molar-refractivity contribution is 6.31. The van der Waals surface area contributed by atoms with E-state index in [1.54, 1.807) is 36.4 Å². The number of halogens is 2. The molecule has 2 aliphatic rings. The minimum Gasteiger partial charge on any atom is -0.497 e. The summed E-state index contributed by atoms with van der Waals surface area (Å²) in [6.45, 7) is 0. The molecular weight excluding hydrogens is 435 g/mol. The van der Waals surface area contributed by atoms with Gasteiger partial charge in [-0.05, 0) is 48.0 Å². The van der Waals surface area contributed by atoms with Gasteiger partial charge < -0.3 is 4.74 Å². The fourth-order valence-electron chi connectivity index (χ4n) is 4.24. The van der Waals surface area contributed by atoms with Crippen LogP contribution in [0.2, 0.25) is 5.02 Å². The maximum absolute atomic E-state index is 14.0. The first kappa shape index (κ1) is 20.5. The summed E-state index contributed by atoms with van der Waals surface area (Å²) < 4.78 is 19.3. The van der Waals surface area contributed by atoms with Gasteiger partial charge in [0.1, 0.15) is 17.5 Å². The van der Waals surface area contributed by atoms with Crippen molar-refractivity contribution in [1.29, 1.82) is 0 Å². The molecule has 0 bridgehead atoms. The zero-order chi connectivity index (χ0) is 22.4. The molecule has 0 aromatic heterocycles. The van der Waals surface area contributed by atoms with E-state index in [4.69, 9.17) is 21.2 Å². The van der Waals surface area contributed by atoms with E-state index in [2.05, 4.69) is 0 Å². The smallest absolute Gasteiger partial charge is 0.266 e. The predicted octanol–water partition coefficient (Wildman–Crippen LogP) is 4.54. The van der Waals surface area contributed by atoms with Gasteiger partial charge in [0.05, 0.1) is 29.5 Å². The molecule has 0 unspecified atom stereocenters. The number of nitrogens with zero attached hydrogens (tertiary/aromatic N) is 2. The molecule has 0 aliphatic carbocycles. The van der Waals surface area contributed by atoms with Gasteiger partial charge in [0.15, 0.2) is 6.10 Å². The minimum absolute atomic E-state index is 0.0860. The molecule has 8 heteroatoms. The number of hydroxylamine groups is 1. The fourth-order valence-corrected chi connectivity index (χ4v) is 4.35. The Morgan fingerprint density at radius 1 is 0.938 bits per heavy atom. The Bertz CT molecular complexity index is 1190. The molecule has 6 nitrogen and oxygen atoms in total. The SMILES string of the molecule is COc1ccc(N2O[C@@H]3C(=O)N(c4ccc(Cl)c(F)c4)C(=O)[C@H]3[C@@H]2c2ccccc2)cc1. The van der Waals surface area contributed by atoms with E-state index in [0.29, 0.717) is 11.4 Å². The second-order valence-electron chi connectivity index (χ2n) is 7.54. The number of rotatable bonds is 4. The van der Waals surface area contributed by atoms with Crippen molar-refractivity contribution in [3.8, 4) is 5.75 Å².